The van der Waals surface area contributed by atoms with Crippen molar-refractivity contribution in [2.45, 2.75) is 39.0 Å². The standard InChI is InChI=1S/C16H17ClN2/c1-2-11-7-3-4-8-12(11)16-18-14-10-6-5-9-13(14)15(17)19-16/h3-4,7-8H,2,5-6,9-10H2,1H3. The molecule has 19 heavy (non-hydrogen) atoms. The van der Waals surface area contributed by atoms with E-state index in [1.807, 2.05) is 6.07 Å². The first-order chi connectivity index (χ1) is 9.29. The Bertz CT molecular complexity index is 608. The van der Waals surface area contributed by atoms with E-state index in [2.05, 4.69) is 30.1 Å². The van der Waals surface area contributed by atoms with Crippen LogP contribution >= 0.6 is 11.6 Å². The molecule has 1 aliphatic carbocycles. The molecule has 0 unspecified atom stereocenters. The summed E-state index contributed by atoms with van der Waals surface area (Å²) in [5, 5.41) is 0.644. The first-order valence-corrected chi connectivity index (χ1v) is 7.31. The first kappa shape index (κ1) is 12.6. The summed E-state index contributed by atoms with van der Waals surface area (Å²) in [7, 11) is 0. The fourth-order valence-electron chi connectivity index (χ4n) is 2.72. The summed E-state index contributed by atoms with van der Waals surface area (Å²) >= 11 is 6.34. The van der Waals surface area contributed by atoms with E-state index >= 15 is 0 Å². The van der Waals surface area contributed by atoms with E-state index in [9.17, 15) is 0 Å². The van der Waals surface area contributed by atoms with Crippen LogP contribution in [0.15, 0.2) is 24.3 Å². The zero-order valence-electron chi connectivity index (χ0n) is 11.1. The van der Waals surface area contributed by atoms with Crippen molar-refractivity contribution in [3.8, 4) is 11.4 Å². The number of benzene rings is 1. The summed E-state index contributed by atoms with van der Waals surface area (Å²) in [5.74, 6) is 0.781. The Morgan fingerprint density at radius 1 is 1.11 bits per heavy atom. The molecular weight excluding hydrogens is 256 g/mol. The van der Waals surface area contributed by atoms with Crippen LogP contribution in [0.3, 0.4) is 0 Å². The Morgan fingerprint density at radius 3 is 2.74 bits per heavy atom. The first-order valence-electron chi connectivity index (χ1n) is 6.93. The van der Waals surface area contributed by atoms with Crippen LogP contribution in [0, 0.1) is 0 Å². The highest BCUT2D eigenvalue weighted by molar-refractivity contribution is 6.30. The van der Waals surface area contributed by atoms with Gasteiger partial charge in [0.25, 0.3) is 0 Å². The fourth-order valence-corrected chi connectivity index (χ4v) is 3.00. The van der Waals surface area contributed by atoms with Crippen molar-refractivity contribution in [1.82, 2.24) is 9.97 Å². The summed E-state index contributed by atoms with van der Waals surface area (Å²) in [6, 6.07) is 8.30. The van der Waals surface area contributed by atoms with Gasteiger partial charge in [-0.3, -0.25) is 0 Å². The van der Waals surface area contributed by atoms with Gasteiger partial charge in [0.15, 0.2) is 5.82 Å². The van der Waals surface area contributed by atoms with E-state index in [1.54, 1.807) is 0 Å². The number of hydrogen-bond acceptors (Lipinski definition) is 2. The molecule has 1 aliphatic rings. The van der Waals surface area contributed by atoms with Gasteiger partial charge in [-0.25, -0.2) is 9.97 Å². The average molecular weight is 273 g/mol. The van der Waals surface area contributed by atoms with Crippen molar-refractivity contribution >= 4 is 11.6 Å². The van der Waals surface area contributed by atoms with Crippen molar-refractivity contribution in [3.05, 3.63) is 46.2 Å². The van der Waals surface area contributed by atoms with Crippen molar-refractivity contribution < 1.29 is 0 Å². The lowest BCUT2D eigenvalue weighted by molar-refractivity contribution is 0.663. The van der Waals surface area contributed by atoms with Crippen LogP contribution in [-0.4, -0.2) is 9.97 Å². The molecule has 3 heteroatoms. The second-order valence-corrected chi connectivity index (χ2v) is 5.34. The summed E-state index contributed by atoms with van der Waals surface area (Å²) in [4.78, 5) is 9.28. The van der Waals surface area contributed by atoms with E-state index in [4.69, 9.17) is 16.6 Å². The molecule has 0 radical (unpaired) electrons. The van der Waals surface area contributed by atoms with E-state index in [-0.39, 0.29) is 0 Å². The lowest BCUT2D eigenvalue weighted by Crippen LogP contribution is -2.09. The quantitative estimate of drug-likeness (QED) is 0.764. The van der Waals surface area contributed by atoms with Gasteiger partial charge in [-0.2, -0.15) is 0 Å². The second-order valence-electron chi connectivity index (χ2n) is 4.98. The number of halogens is 1. The molecule has 1 heterocycles. The zero-order chi connectivity index (χ0) is 13.2. The van der Waals surface area contributed by atoms with Crippen molar-refractivity contribution in [2.24, 2.45) is 0 Å². The number of aryl methyl sites for hydroxylation is 2. The summed E-state index contributed by atoms with van der Waals surface area (Å²) in [6.07, 6.45) is 5.42. The monoisotopic (exact) mass is 272 g/mol. The molecule has 0 bridgehead atoms. The van der Waals surface area contributed by atoms with Crippen LogP contribution in [-0.2, 0) is 19.3 Å². The molecule has 0 aliphatic heterocycles. The van der Waals surface area contributed by atoms with Gasteiger partial charge in [-0.1, -0.05) is 42.8 Å². The van der Waals surface area contributed by atoms with E-state index in [0.717, 1.165) is 41.9 Å². The number of rotatable bonds is 2. The highest BCUT2D eigenvalue weighted by Gasteiger charge is 2.18. The third kappa shape index (κ3) is 2.37. The smallest absolute Gasteiger partial charge is 0.161 e. The van der Waals surface area contributed by atoms with Crippen LogP contribution in [0.4, 0.5) is 0 Å². The molecule has 2 aromatic rings. The summed E-state index contributed by atoms with van der Waals surface area (Å²) in [6.45, 7) is 2.15. The average Bonchev–Trinajstić information content (AvgIpc) is 2.47. The van der Waals surface area contributed by atoms with Gasteiger partial charge < -0.3 is 0 Å². The van der Waals surface area contributed by atoms with E-state index < -0.39 is 0 Å². The minimum Gasteiger partial charge on any atom is -0.233 e. The fraction of sp³-hybridized carbons (Fsp3) is 0.375. The third-order valence-electron chi connectivity index (χ3n) is 3.77. The molecule has 1 aromatic carbocycles. The van der Waals surface area contributed by atoms with Crippen molar-refractivity contribution in [2.75, 3.05) is 0 Å². The highest BCUT2D eigenvalue weighted by atomic mass is 35.5. The van der Waals surface area contributed by atoms with Gasteiger partial charge in [0.2, 0.25) is 0 Å². The normalized spacial score (nSPS) is 14.2. The van der Waals surface area contributed by atoms with Gasteiger partial charge in [0.05, 0.1) is 0 Å². The van der Waals surface area contributed by atoms with Crippen LogP contribution in [0.2, 0.25) is 5.15 Å². The molecule has 0 saturated carbocycles. The Kier molecular flexibility index (Phi) is 3.52. The predicted octanol–water partition coefficient (Wildman–Crippen LogP) is 4.24. The third-order valence-corrected chi connectivity index (χ3v) is 4.08. The topological polar surface area (TPSA) is 25.8 Å². The maximum Gasteiger partial charge on any atom is 0.161 e. The maximum absolute atomic E-state index is 6.34. The second kappa shape index (κ2) is 5.30. The molecule has 0 spiro atoms. The lowest BCUT2D eigenvalue weighted by Gasteiger charge is -2.17. The van der Waals surface area contributed by atoms with Gasteiger partial charge in [-0.05, 0) is 37.7 Å². The van der Waals surface area contributed by atoms with Crippen LogP contribution in [0.5, 0.6) is 0 Å². The molecule has 2 nitrogen and oxygen atoms in total. The number of hydrogen-bond donors (Lipinski definition) is 0. The molecule has 0 atom stereocenters. The largest absolute Gasteiger partial charge is 0.233 e. The number of fused-ring (bicyclic) bond motifs is 1. The van der Waals surface area contributed by atoms with Crippen molar-refractivity contribution in [1.29, 1.82) is 0 Å². The molecule has 0 saturated heterocycles. The maximum atomic E-state index is 6.34. The predicted molar refractivity (Wildman–Crippen MR) is 78.5 cm³/mol. The van der Waals surface area contributed by atoms with Crippen molar-refractivity contribution in [3.63, 3.8) is 0 Å². The van der Waals surface area contributed by atoms with Gasteiger partial charge in [0.1, 0.15) is 5.15 Å². The Labute approximate surface area is 118 Å². The molecule has 0 fully saturated rings. The molecular formula is C16H17ClN2. The summed E-state index contributed by atoms with van der Waals surface area (Å²) < 4.78 is 0. The van der Waals surface area contributed by atoms with Crippen LogP contribution < -0.4 is 0 Å². The summed E-state index contributed by atoms with van der Waals surface area (Å²) in [5.41, 5.74) is 4.69. The Balaban J connectivity index is 2.13. The Morgan fingerprint density at radius 2 is 1.89 bits per heavy atom. The molecule has 1 aromatic heterocycles. The minimum absolute atomic E-state index is 0.644. The van der Waals surface area contributed by atoms with Gasteiger partial charge >= 0.3 is 0 Å². The van der Waals surface area contributed by atoms with E-state index in [0.29, 0.717) is 5.15 Å². The van der Waals surface area contributed by atoms with E-state index in [1.165, 1.54) is 18.4 Å². The molecule has 0 amide bonds. The number of aromatic nitrogens is 2. The highest BCUT2D eigenvalue weighted by Crippen LogP contribution is 2.29. The zero-order valence-corrected chi connectivity index (χ0v) is 11.9. The molecule has 0 N–H and O–H groups in total. The molecule has 3 rings (SSSR count). The molecule has 98 valence electrons. The SMILES string of the molecule is CCc1ccccc1-c1nc(Cl)c2c(n1)CCCC2. The van der Waals surface area contributed by atoms with Gasteiger partial charge in [0, 0.05) is 16.8 Å². The number of nitrogens with zero attached hydrogens (tertiary/aromatic N) is 2. The lowest BCUT2D eigenvalue weighted by atomic mass is 9.97. The Hall–Kier alpha value is -1.41. The van der Waals surface area contributed by atoms with Crippen LogP contribution in [0.25, 0.3) is 11.4 Å². The minimum atomic E-state index is 0.644. The van der Waals surface area contributed by atoms with Gasteiger partial charge in [-0.15, -0.1) is 0 Å². The van der Waals surface area contributed by atoms with Crippen LogP contribution in [0.1, 0.15) is 36.6 Å².